The maximum atomic E-state index is 13.5. The van der Waals surface area contributed by atoms with Gasteiger partial charge in [0, 0.05) is 12.0 Å². The van der Waals surface area contributed by atoms with Crippen molar-refractivity contribution in [2.45, 2.75) is 126 Å². The lowest BCUT2D eigenvalue weighted by atomic mass is 9.72. The Kier molecular flexibility index (Phi) is 9.64. The third kappa shape index (κ3) is 8.89. The molecule has 1 saturated carbocycles. The summed E-state index contributed by atoms with van der Waals surface area (Å²) in [7, 11) is 0. The van der Waals surface area contributed by atoms with Crippen molar-refractivity contribution in [3.05, 3.63) is 69.8 Å². The van der Waals surface area contributed by atoms with Crippen LogP contribution in [0, 0.1) is 23.7 Å². The number of Topliss-reactive ketones (excluding diaryl/α,β-unsaturated/α-hetero) is 1. The number of carbonyl (C=O) groups excluding carboxylic acids is 1. The van der Waals surface area contributed by atoms with E-state index >= 15 is 0 Å². The molecule has 0 radical (unpaired) electrons. The third-order valence-electron chi connectivity index (χ3n) is 7.79. The molecule has 2 aromatic rings. The summed E-state index contributed by atoms with van der Waals surface area (Å²) < 4.78 is 0. The normalized spacial score (nSPS) is 18.9. The van der Waals surface area contributed by atoms with Crippen molar-refractivity contribution in [1.82, 2.24) is 0 Å². The van der Waals surface area contributed by atoms with Gasteiger partial charge in [-0.25, -0.2) is 0 Å². The van der Waals surface area contributed by atoms with E-state index in [2.05, 4.69) is 91.8 Å². The minimum absolute atomic E-state index is 0.208. The van der Waals surface area contributed by atoms with Gasteiger partial charge in [-0.15, -0.1) is 0 Å². The Morgan fingerprint density at radius 3 is 2.14 bits per heavy atom. The third-order valence-corrected chi connectivity index (χ3v) is 7.79. The molecule has 0 unspecified atom stereocenters. The predicted octanol–water partition coefficient (Wildman–Crippen LogP) is 10.1. The molecular formula is C35H52O. The number of hydrogen-bond acceptors (Lipinski definition) is 1. The highest BCUT2D eigenvalue weighted by atomic mass is 16.1. The first-order valence-electron chi connectivity index (χ1n) is 14.6. The quantitative estimate of drug-likeness (QED) is 0.321. The highest BCUT2D eigenvalue weighted by Gasteiger charge is 2.27. The second-order valence-electron chi connectivity index (χ2n) is 14.1. The van der Waals surface area contributed by atoms with Crippen LogP contribution in [0.1, 0.15) is 138 Å². The molecule has 0 N–H and O–H groups in total. The Morgan fingerprint density at radius 2 is 1.53 bits per heavy atom. The van der Waals surface area contributed by atoms with E-state index in [1.54, 1.807) is 0 Å². The SMILES string of the molecule is CCCc1ccc(C)cc1CCC(=O)c1cc(CC(C)(C)C)cc(C2CCC(CC(C)(C)C)CC2)c1. The van der Waals surface area contributed by atoms with Crippen LogP contribution in [0.4, 0.5) is 0 Å². The molecule has 1 nitrogen and oxygen atoms in total. The van der Waals surface area contributed by atoms with Crippen LogP contribution in [-0.2, 0) is 19.3 Å². The first-order chi connectivity index (χ1) is 16.8. The Hall–Kier alpha value is -1.89. The van der Waals surface area contributed by atoms with Crippen LogP contribution in [0.5, 0.6) is 0 Å². The Bertz CT molecular complexity index is 1010. The largest absolute Gasteiger partial charge is 0.294 e. The Labute approximate surface area is 222 Å². The molecule has 1 fully saturated rings. The molecule has 0 bridgehead atoms. The van der Waals surface area contributed by atoms with Gasteiger partial charge in [0.2, 0.25) is 0 Å². The number of benzene rings is 2. The van der Waals surface area contributed by atoms with Gasteiger partial charge < -0.3 is 0 Å². The zero-order valence-electron chi connectivity index (χ0n) is 24.6. The molecule has 0 saturated heterocycles. The van der Waals surface area contributed by atoms with Crippen molar-refractivity contribution >= 4 is 5.78 Å². The van der Waals surface area contributed by atoms with Crippen molar-refractivity contribution in [1.29, 1.82) is 0 Å². The van der Waals surface area contributed by atoms with Gasteiger partial charge >= 0.3 is 0 Å². The van der Waals surface area contributed by atoms with Crippen molar-refractivity contribution in [2.24, 2.45) is 16.7 Å². The van der Waals surface area contributed by atoms with Crippen molar-refractivity contribution in [2.75, 3.05) is 0 Å². The highest BCUT2D eigenvalue weighted by molar-refractivity contribution is 5.96. The smallest absolute Gasteiger partial charge is 0.163 e. The lowest BCUT2D eigenvalue weighted by molar-refractivity contribution is 0.0982. The zero-order valence-corrected chi connectivity index (χ0v) is 24.6. The fourth-order valence-corrected chi connectivity index (χ4v) is 6.29. The van der Waals surface area contributed by atoms with Gasteiger partial charge in [0.15, 0.2) is 5.78 Å². The lowest BCUT2D eigenvalue weighted by Gasteiger charge is -2.33. The summed E-state index contributed by atoms with van der Waals surface area (Å²) in [4.78, 5) is 13.5. The summed E-state index contributed by atoms with van der Waals surface area (Å²) >= 11 is 0. The molecule has 0 aromatic heterocycles. The van der Waals surface area contributed by atoms with E-state index in [0.717, 1.165) is 37.2 Å². The summed E-state index contributed by atoms with van der Waals surface area (Å²) in [6.07, 6.45) is 11.2. The lowest BCUT2D eigenvalue weighted by Crippen LogP contribution is -2.19. The molecule has 0 heterocycles. The topological polar surface area (TPSA) is 17.1 Å². The summed E-state index contributed by atoms with van der Waals surface area (Å²) in [5, 5.41) is 0. The fourth-order valence-electron chi connectivity index (χ4n) is 6.29. The van der Waals surface area contributed by atoms with E-state index in [0.29, 0.717) is 23.5 Å². The van der Waals surface area contributed by atoms with E-state index in [1.807, 2.05) is 0 Å². The molecule has 198 valence electrons. The van der Waals surface area contributed by atoms with E-state index in [-0.39, 0.29) is 5.41 Å². The van der Waals surface area contributed by atoms with Gasteiger partial charge in [0.25, 0.3) is 0 Å². The van der Waals surface area contributed by atoms with E-state index < -0.39 is 0 Å². The molecule has 36 heavy (non-hydrogen) atoms. The molecule has 1 aliphatic rings. The van der Waals surface area contributed by atoms with Gasteiger partial charge in [-0.1, -0.05) is 84.7 Å². The van der Waals surface area contributed by atoms with Gasteiger partial charge in [0.1, 0.15) is 0 Å². The highest BCUT2D eigenvalue weighted by Crippen LogP contribution is 2.41. The monoisotopic (exact) mass is 488 g/mol. The molecule has 1 heteroatoms. The molecule has 0 atom stereocenters. The Balaban J connectivity index is 1.78. The number of ketones is 1. The first kappa shape index (κ1) is 28.7. The van der Waals surface area contributed by atoms with Gasteiger partial charge in [-0.3, -0.25) is 4.79 Å². The van der Waals surface area contributed by atoms with Crippen molar-refractivity contribution in [3.63, 3.8) is 0 Å². The molecule has 2 aromatic carbocycles. The first-order valence-corrected chi connectivity index (χ1v) is 14.6. The van der Waals surface area contributed by atoms with Crippen LogP contribution in [0.15, 0.2) is 36.4 Å². The van der Waals surface area contributed by atoms with E-state index in [4.69, 9.17) is 0 Å². The van der Waals surface area contributed by atoms with Crippen molar-refractivity contribution in [3.8, 4) is 0 Å². The standard InChI is InChI=1S/C35H52O/c1-9-10-28-14-11-25(2)19-30(28)17-18-33(36)32-21-27(24-35(6,7)8)20-31(22-32)29-15-12-26(13-16-29)23-34(3,4)5/h11,14,19-22,26,29H,9-10,12-13,15-18,23-24H2,1-8H3. The van der Waals surface area contributed by atoms with Gasteiger partial charge in [-0.05, 0) is 115 Å². The second kappa shape index (κ2) is 12.1. The fraction of sp³-hybridized carbons (Fsp3) is 0.629. The van der Waals surface area contributed by atoms with Gasteiger partial charge in [0.05, 0.1) is 0 Å². The number of aryl methyl sites for hydroxylation is 3. The van der Waals surface area contributed by atoms with Crippen LogP contribution >= 0.6 is 0 Å². The summed E-state index contributed by atoms with van der Waals surface area (Å²) in [5.74, 6) is 1.75. The van der Waals surface area contributed by atoms with E-state index in [1.165, 1.54) is 59.9 Å². The van der Waals surface area contributed by atoms with E-state index in [9.17, 15) is 4.79 Å². The maximum absolute atomic E-state index is 13.5. The average Bonchev–Trinajstić information content (AvgIpc) is 2.77. The molecule has 0 aliphatic heterocycles. The summed E-state index contributed by atoms with van der Waals surface area (Å²) in [6, 6.07) is 13.6. The number of hydrogen-bond donors (Lipinski definition) is 0. The molecular weight excluding hydrogens is 436 g/mol. The number of rotatable bonds is 9. The van der Waals surface area contributed by atoms with Gasteiger partial charge in [-0.2, -0.15) is 0 Å². The maximum Gasteiger partial charge on any atom is 0.163 e. The van der Waals surface area contributed by atoms with Crippen LogP contribution in [0.2, 0.25) is 0 Å². The molecule has 3 rings (SSSR count). The van der Waals surface area contributed by atoms with Crippen LogP contribution in [0.3, 0.4) is 0 Å². The molecule has 0 spiro atoms. The minimum Gasteiger partial charge on any atom is -0.294 e. The minimum atomic E-state index is 0.208. The van der Waals surface area contributed by atoms with Crippen LogP contribution < -0.4 is 0 Å². The number of carbonyl (C=O) groups is 1. The van der Waals surface area contributed by atoms with Crippen molar-refractivity contribution < 1.29 is 4.79 Å². The molecule has 0 amide bonds. The average molecular weight is 489 g/mol. The summed E-state index contributed by atoms with van der Waals surface area (Å²) in [6.45, 7) is 18.4. The Morgan fingerprint density at radius 1 is 0.833 bits per heavy atom. The predicted molar refractivity (Wildman–Crippen MR) is 156 cm³/mol. The van der Waals surface area contributed by atoms with Crippen LogP contribution in [0.25, 0.3) is 0 Å². The second-order valence-corrected chi connectivity index (χ2v) is 14.1. The zero-order chi connectivity index (χ0) is 26.5. The van der Waals surface area contributed by atoms with Crippen LogP contribution in [-0.4, -0.2) is 5.78 Å². The summed E-state index contributed by atoms with van der Waals surface area (Å²) in [5.41, 5.74) is 8.36. The molecule has 1 aliphatic carbocycles.